The van der Waals surface area contributed by atoms with E-state index in [1.807, 2.05) is 0 Å². The van der Waals surface area contributed by atoms with Gasteiger partial charge in [-0.1, -0.05) is 226 Å². The summed E-state index contributed by atoms with van der Waals surface area (Å²) >= 11 is 0. The van der Waals surface area contributed by atoms with Crippen LogP contribution in [0.2, 0.25) is 0 Å². The Balaban J connectivity index is 3.44. The summed E-state index contributed by atoms with van der Waals surface area (Å²) in [5.74, 6) is 0.844. The van der Waals surface area contributed by atoms with Gasteiger partial charge in [-0.2, -0.15) is 0 Å². The maximum Gasteiger partial charge on any atom is 0.220 e. The predicted octanol–water partition coefficient (Wildman–Crippen LogP) is 13.2. The van der Waals surface area contributed by atoms with Gasteiger partial charge in [0.15, 0.2) is 0 Å². The Morgan fingerprint density at radius 3 is 1.15 bits per heavy atom. The van der Waals surface area contributed by atoms with Crippen LogP contribution in [0, 0.1) is 5.92 Å². The molecule has 0 aromatic heterocycles. The Hall–Kier alpha value is -0.610. The number of carbonyl (C=O) groups is 1. The minimum Gasteiger partial charge on any atom is -0.394 e. The molecule has 0 saturated carbocycles. The number of aliphatic hydroxyl groups is 2. The molecule has 3 N–H and O–H groups in total. The van der Waals surface area contributed by atoms with E-state index in [-0.39, 0.29) is 12.5 Å². The maximum atomic E-state index is 12.4. The molecule has 4 nitrogen and oxygen atoms in total. The molecule has 0 heterocycles. The molecule has 0 aliphatic rings. The van der Waals surface area contributed by atoms with Gasteiger partial charge >= 0.3 is 0 Å². The molecule has 1 amide bonds. The van der Waals surface area contributed by atoms with Crippen LogP contribution in [0.3, 0.4) is 0 Å². The summed E-state index contributed by atoms with van der Waals surface area (Å²) in [4.78, 5) is 12.4. The topological polar surface area (TPSA) is 69.6 Å². The van der Waals surface area contributed by atoms with Gasteiger partial charge in [0.1, 0.15) is 0 Å². The highest BCUT2D eigenvalue weighted by atomic mass is 16.3. The summed E-state index contributed by atoms with van der Waals surface area (Å²) in [5, 5.41) is 23.1. The Kier molecular flexibility index (Phi) is 37.7. The third kappa shape index (κ3) is 35.0. The molecule has 0 spiro atoms. The highest BCUT2D eigenvalue weighted by molar-refractivity contribution is 5.76. The van der Waals surface area contributed by atoms with Crippen molar-refractivity contribution in [2.24, 2.45) is 5.92 Å². The molecule has 0 aromatic rings. The molecule has 0 aliphatic carbocycles. The molecule has 282 valence electrons. The van der Waals surface area contributed by atoms with Gasteiger partial charge in [-0.3, -0.25) is 4.79 Å². The van der Waals surface area contributed by atoms with Crippen LogP contribution in [0.5, 0.6) is 0 Å². The summed E-state index contributed by atoms with van der Waals surface area (Å²) in [7, 11) is 0. The zero-order valence-electron chi connectivity index (χ0n) is 32.5. The first kappa shape index (κ1) is 46.4. The van der Waals surface area contributed by atoms with Gasteiger partial charge in [-0.05, 0) is 18.8 Å². The Bertz CT molecular complexity index is 612. The van der Waals surface area contributed by atoms with Crippen LogP contribution in [0.25, 0.3) is 0 Å². The maximum absolute atomic E-state index is 12.4. The van der Waals surface area contributed by atoms with Crippen molar-refractivity contribution in [3.8, 4) is 0 Å². The van der Waals surface area contributed by atoms with Crippen LogP contribution in [-0.2, 0) is 4.79 Å². The van der Waals surface area contributed by atoms with Gasteiger partial charge in [-0.25, -0.2) is 0 Å². The second kappa shape index (κ2) is 38.2. The third-order valence-electron chi connectivity index (χ3n) is 10.7. The molecule has 0 aliphatic heterocycles. The number of aliphatic hydroxyl groups excluding tert-OH is 2. The molecule has 0 saturated heterocycles. The van der Waals surface area contributed by atoms with Crippen LogP contribution >= 0.6 is 0 Å². The standard InChI is InChI=1S/C43H87NO3/c1-4-6-7-8-9-10-11-12-13-14-15-16-17-18-19-20-21-22-23-24-29-32-35-38-43(47)44-41(39-45)42(46)37-34-31-28-26-25-27-30-33-36-40(3)5-2/h40-42,45-46H,4-39H2,1-3H3,(H,44,47). The smallest absolute Gasteiger partial charge is 0.220 e. The zero-order valence-corrected chi connectivity index (χ0v) is 32.5. The summed E-state index contributed by atoms with van der Waals surface area (Å²) in [6.45, 7) is 6.74. The number of unbranched alkanes of at least 4 members (excludes halogenated alkanes) is 29. The van der Waals surface area contributed by atoms with Crippen LogP contribution < -0.4 is 5.32 Å². The minimum absolute atomic E-state index is 0.0278. The summed E-state index contributed by atoms with van der Waals surface area (Å²) < 4.78 is 0. The average Bonchev–Trinajstić information content (AvgIpc) is 3.08. The van der Waals surface area contributed by atoms with Crippen molar-refractivity contribution in [2.45, 2.75) is 258 Å². The van der Waals surface area contributed by atoms with Crippen LogP contribution in [0.4, 0.5) is 0 Å². The van der Waals surface area contributed by atoms with Gasteiger partial charge in [0.2, 0.25) is 5.91 Å². The number of hydrogen-bond acceptors (Lipinski definition) is 3. The van der Waals surface area contributed by atoms with E-state index in [9.17, 15) is 15.0 Å². The molecule has 0 fully saturated rings. The van der Waals surface area contributed by atoms with Crippen LogP contribution in [-0.4, -0.2) is 34.9 Å². The minimum atomic E-state index is -0.654. The van der Waals surface area contributed by atoms with E-state index in [1.165, 1.54) is 186 Å². The van der Waals surface area contributed by atoms with E-state index in [1.54, 1.807) is 0 Å². The van der Waals surface area contributed by atoms with Gasteiger partial charge in [0, 0.05) is 6.42 Å². The lowest BCUT2D eigenvalue weighted by Gasteiger charge is -2.22. The quantitative estimate of drug-likeness (QED) is 0.0572. The van der Waals surface area contributed by atoms with Crippen LogP contribution in [0.15, 0.2) is 0 Å². The van der Waals surface area contributed by atoms with Crippen molar-refractivity contribution < 1.29 is 15.0 Å². The molecule has 3 atom stereocenters. The SMILES string of the molecule is CCCCCCCCCCCCCCCCCCCCCCCCCC(=O)NC(CO)C(O)CCCCCCCCCCC(C)CC. The number of carbonyl (C=O) groups excluding carboxylic acids is 1. The largest absolute Gasteiger partial charge is 0.394 e. The monoisotopic (exact) mass is 666 g/mol. The summed E-state index contributed by atoms with van der Waals surface area (Å²) in [5.41, 5.74) is 0. The Labute approximate surface area is 295 Å². The van der Waals surface area contributed by atoms with E-state index >= 15 is 0 Å². The van der Waals surface area contributed by atoms with Gasteiger partial charge in [0.05, 0.1) is 18.8 Å². The summed E-state index contributed by atoms with van der Waals surface area (Å²) in [6.07, 6.45) is 44.6. The highest BCUT2D eigenvalue weighted by Crippen LogP contribution is 2.17. The normalized spacial score (nSPS) is 13.6. The lowest BCUT2D eigenvalue weighted by atomic mass is 9.99. The first-order valence-corrected chi connectivity index (χ1v) is 21.6. The van der Waals surface area contributed by atoms with E-state index < -0.39 is 12.1 Å². The fourth-order valence-corrected chi connectivity index (χ4v) is 6.93. The molecule has 0 rings (SSSR count). The first-order valence-electron chi connectivity index (χ1n) is 21.6. The Morgan fingerprint density at radius 2 is 0.809 bits per heavy atom. The lowest BCUT2D eigenvalue weighted by molar-refractivity contribution is -0.123. The lowest BCUT2D eigenvalue weighted by Crippen LogP contribution is -2.45. The Morgan fingerprint density at radius 1 is 0.489 bits per heavy atom. The van der Waals surface area contributed by atoms with Crippen molar-refractivity contribution in [1.82, 2.24) is 5.32 Å². The van der Waals surface area contributed by atoms with Crippen molar-refractivity contribution in [2.75, 3.05) is 6.61 Å². The molecule has 4 heteroatoms. The predicted molar refractivity (Wildman–Crippen MR) is 207 cm³/mol. The van der Waals surface area contributed by atoms with Gasteiger partial charge in [0.25, 0.3) is 0 Å². The fourth-order valence-electron chi connectivity index (χ4n) is 6.93. The molecule has 0 radical (unpaired) electrons. The molecule has 3 unspecified atom stereocenters. The van der Waals surface area contributed by atoms with E-state index in [2.05, 4.69) is 26.1 Å². The number of amides is 1. The molecule has 0 aromatic carbocycles. The second-order valence-corrected chi connectivity index (χ2v) is 15.4. The van der Waals surface area contributed by atoms with Crippen LogP contribution in [0.1, 0.15) is 245 Å². The van der Waals surface area contributed by atoms with E-state index in [4.69, 9.17) is 0 Å². The molecule has 0 bridgehead atoms. The van der Waals surface area contributed by atoms with E-state index in [0.717, 1.165) is 31.6 Å². The van der Waals surface area contributed by atoms with Crippen molar-refractivity contribution >= 4 is 5.91 Å². The second-order valence-electron chi connectivity index (χ2n) is 15.4. The molecular weight excluding hydrogens is 578 g/mol. The molecular formula is C43H87NO3. The number of nitrogens with one attached hydrogen (secondary N) is 1. The first-order chi connectivity index (χ1) is 23.0. The van der Waals surface area contributed by atoms with Crippen molar-refractivity contribution in [3.05, 3.63) is 0 Å². The fraction of sp³-hybridized carbons (Fsp3) is 0.977. The van der Waals surface area contributed by atoms with Gasteiger partial charge in [-0.15, -0.1) is 0 Å². The third-order valence-corrected chi connectivity index (χ3v) is 10.7. The van der Waals surface area contributed by atoms with Gasteiger partial charge < -0.3 is 15.5 Å². The number of hydrogen-bond donors (Lipinski definition) is 3. The van der Waals surface area contributed by atoms with Crippen molar-refractivity contribution in [1.29, 1.82) is 0 Å². The highest BCUT2D eigenvalue weighted by Gasteiger charge is 2.20. The van der Waals surface area contributed by atoms with Crippen molar-refractivity contribution in [3.63, 3.8) is 0 Å². The zero-order chi connectivity index (χ0) is 34.5. The van der Waals surface area contributed by atoms with E-state index in [0.29, 0.717) is 12.8 Å². The average molecular weight is 666 g/mol. The summed E-state index contributed by atoms with van der Waals surface area (Å²) in [6, 6.07) is -0.530. The number of rotatable bonds is 39. The molecule has 47 heavy (non-hydrogen) atoms.